The highest BCUT2D eigenvalue weighted by molar-refractivity contribution is 4.94. The van der Waals surface area contributed by atoms with Crippen molar-refractivity contribution in [1.82, 2.24) is 4.90 Å². The molecule has 0 aromatic heterocycles. The SMILES string of the molecule is CCC1CCC(CN)C(N(CCC(C)C)C2CC2)C1. The number of nitrogens with two attached hydrogens (primary N) is 1. The summed E-state index contributed by atoms with van der Waals surface area (Å²) in [5, 5.41) is 0. The molecule has 2 aliphatic carbocycles. The van der Waals surface area contributed by atoms with Gasteiger partial charge in [0.05, 0.1) is 0 Å². The molecule has 3 atom stereocenters. The molecule has 19 heavy (non-hydrogen) atoms. The average Bonchev–Trinajstić information content (AvgIpc) is 3.23. The summed E-state index contributed by atoms with van der Waals surface area (Å²) in [4.78, 5) is 2.86. The van der Waals surface area contributed by atoms with Crippen molar-refractivity contribution in [3.63, 3.8) is 0 Å². The summed E-state index contributed by atoms with van der Waals surface area (Å²) in [5.74, 6) is 2.53. The minimum absolute atomic E-state index is 0.760. The van der Waals surface area contributed by atoms with Gasteiger partial charge in [-0.2, -0.15) is 0 Å². The van der Waals surface area contributed by atoms with Gasteiger partial charge in [-0.05, 0) is 62.9 Å². The van der Waals surface area contributed by atoms with Gasteiger partial charge in [0, 0.05) is 12.1 Å². The van der Waals surface area contributed by atoms with E-state index in [1.54, 1.807) is 0 Å². The third-order valence-corrected chi connectivity index (χ3v) is 5.35. The lowest BCUT2D eigenvalue weighted by atomic mass is 9.76. The molecule has 2 heteroatoms. The fraction of sp³-hybridized carbons (Fsp3) is 1.00. The molecule has 2 nitrogen and oxygen atoms in total. The molecule has 0 amide bonds. The topological polar surface area (TPSA) is 29.3 Å². The van der Waals surface area contributed by atoms with Crippen molar-refractivity contribution in [2.45, 2.75) is 77.8 Å². The van der Waals surface area contributed by atoms with Crippen LogP contribution in [0.25, 0.3) is 0 Å². The Morgan fingerprint density at radius 1 is 1.16 bits per heavy atom. The first kappa shape index (κ1) is 15.3. The van der Waals surface area contributed by atoms with Gasteiger partial charge in [-0.3, -0.25) is 4.90 Å². The Morgan fingerprint density at radius 2 is 1.89 bits per heavy atom. The third-order valence-electron chi connectivity index (χ3n) is 5.35. The van der Waals surface area contributed by atoms with E-state index in [4.69, 9.17) is 5.73 Å². The van der Waals surface area contributed by atoms with Gasteiger partial charge in [0.15, 0.2) is 0 Å². The zero-order valence-corrected chi connectivity index (χ0v) is 13.3. The number of nitrogens with zero attached hydrogens (tertiary/aromatic N) is 1. The van der Waals surface area contributed by atoms with Crippen LogP contribution in [0.3, 0.4) is 0 Å². The van der Waals surface area contributed by atoms with E-state index in [1.807, 2.05) is 0 Å². The third kappa shape index (κ3) is 4.19. The molecule has 0 spiro atoms. The van der Waals surface area contributed by atoms with E-state index in [0.29, 0.717) is 0 Å². The molecule has 0 bridgehead atoms. The molecule has 2 saturated carbocycles. The van der Waals surface area contributed by atoms with E-state index in [0.717, 1.165) is 36.4 Å². The van der Waals surface area contributed by atoms with Crippen LogP contribution in [-0.4, -0.2) is 30.1 Å². The Bertz CT molecular complexity index is 260. The highest BCUT2D eigenvalue weighted by Gasteiger charge is 2.39. The summed E-state index contributed by atoms with van der Waals surface area (Å²) in [5.41, 5.74) is 6.07. The molecule has 0 radical (unpaired) electrons. The molecule has 0 heterocycles. The highest BCUT2D eigenvalue weighted by atomic mass is 15.2. The first-order valence-electron chi connectivity index (χ1n) is 8.61. The van der Waals surface area contributed by atoms with Crippen LogP contribution in [0.1, 0.15) is 65.7 Å². The fourth-order valence-corrected chi connectivity index (χ4v) is 3.78. The maximum Gasteiger partial charge on any atom is 0.0141 e. The van der Waals surface area contributed by atoms with E-state index >= 15 is 0 Å². The lowest BCUT2D eigenvalue weighted by Gasteiger charge is -2.43. The number of rotatable bonds is 7. The first-order chi connectivity index (χ1) is 9.15. The van der Waals surface area contributed by atoms with E-state index in [9.17, 15) is 0 Å². The molecule has 2 rings (SSSR count). The van der Waals surface area contributed by atoms with Gasteiger partial charge in [0.1, 0.15) is 0 Å². The molecule has 0 aromatic rings. The predicted molar refractivity (Wildman–Crippen MR) is 83.1 cm³/mol. The molecule has 0 saturated heterocycles. The van der Waals surface area contributed by atoms with Crippen molar-refractivity contribution >= 4 is 0 Å². The number of hydrogen-bond acceptors (Lipinski definition) is 2. The van der Waals surface area contributed by atoms with Gasteiger partial charge in [0.2, 0.25) is 0 Å². The fourth-order valence-electron chi connectivity index (χ4n) is 3.78. The Morgan fingerprint density at radius 3 is 2.42 bits per heavy atom. The maximum atomic E-state index is 6.07. The molecule has 2 aliphatic rings. The summed E-state index contributed by atoms with van der Waals surface area (Å²) in [7, 11) is 0. The van der Waals surface area contributed by atoms with Crippen LogP contribution < -0.4 is 5.73 Å². The molecular weight excluding hydrogens is 232 g/mol. The smallest absolute Gasteiger partial charge is 0.0141 e. The van der Waals surface area contributed by atoms with Crippen LogP contribution in [0.15, 0.2) is 0 Å². The van der Waals surface area contributed by atoms with Crippen LogP contribution in [0, 0.1) is 17.8 Å². The average molecular weight is 266 g/mol. The largest absolute Gasteiger partial charge is 0.330 e. The Hall–Kier alpha value is -0.0800. The maximum absolute atomic E-state index is 6.07. The van der Waals surface area contributed by atoms with Crippen LogP contribution in [0.5, 0.6) is 0 Å². The lowest BCUT2D eigenvalue weighted by Crippen LogP contribution is -2.48. The van der Waals surface area contributed by atoms with Gasteiger partial charge in [-0.25, -0.2) is 0 Å². The molecule has 2 N–H and O–H groups in total. The minimum Gasteiger partial charge on any atom is -0.330 e. The van der Waals surface area contributed by atoms with Crippen LogP contribution in [-0.2, 0) is 0 Å². The quantitative estimate of drug-likeness (QED) is 0.762. The van der Waals surface area contributed by atoms with Crippen molar-refractivity contribution in [3.8, 4) is 0 Å². The second kappa shape index (κ2) is 7.08. The predicted octanol–water partition coefficient (Wildman–Crippen LogP) is 3.65. The lowest BCUT2D eigenvalue weighted by molar-refractivity contribution is 0.0699. The van der Waals surface area contributed by atoms with Crippen LogP contribution in [0.4, 0.5) is 0 Å². The van der Waals surface area contributed by atoms with E-state index in [-0.39, 0.29) is 0 Å². The minimum atomic E-state index is 0.760. The Kier molecular flexibility index (Phi) is 5.70. The summed E-state index contributed by atoms with van der Waals surface area (Å²) < 4.78 is 0. The second-order valence-electron chi connectivity index (χ2n) is 7.30. The summed E-state index contributed by atoms with van der Waals surface area (Å²) in [6, 6.07) is 1.68. The summed E-state index contributed by atoms with van der Waals surface area (Å²) in [6.45, 7) is 9.26. The van der Waals surface area contributed by atoms with Gasteiger partial charge in [-0.15, -0.1) is 0 Å². The first-order valence-corrected chi connectivity index (χ1v) is 8.61. The van der Waals surface area contributed by atoms with E-state index in [1.165, 1.54) is 51.5 Å². The van der Waals surface area contributed by atoms with Crippen LogP contribution in [0.2, 0.25) is 0 Å². The van der Waals surface area contributed by atoms with Crippen molar-refractivity contribution in [3.05, 3.63) is 0 Å². The van der Waals surface area contributed by atoms with E-state index < -0.39 is 0 Å². The Balaban J connectivity index is 1.99. The summed E-state index contributed by atoms with van der Waals surface area (Å²) >= 11 is 0. The van der Waals surface area contributed by atoms with E-state index in [2.05, 4.69) is 25.7 Å². The zero-order chi connectivity index (χ0) is 13.8. The molecule has 3 unspecified atom stereocenters. The van der Waals surface area contributed by atoms with Gasteiger partial charge < -0.3 is 5.73 Å². The van der Waals surface area contributed by atoms with Gasteiger partial charge >= 0.3 is 0 Å². The second-order valence-corrected chi connectivity index (χ2v) is 7.30. The van der Waals surface area contributed by atoms with Gasteiger partial charge in [-0.1, -0.05) is 33.6 Å². The van der Waals surface area contributed by atoms with Crippen molar-refractivity contribution < 1.29 is 0 Å². The van der Waals surface area contributed by atoms with Crippen molar-refractivity contribution in [1.29, 1.82) is 0 Å². The normalized spacial score (nSPS) is 32.2. The highest BCUT2D eigenvalue weighted by Crippen LogP contribution is 2.39. The van der Waals surface area contributed by atoms with Crippen molar-refractivity contribution in [2.24, 2.45) is 23.5 Å². The summed E-state index contributed by atoms with van der Waals surface area (Å²) in [6.07, 6.45) is 9.76. The monoisotopic (exact) mass is 266 g/mol. The van der Waals surface area contributed by atoms with Crippen molar-refractivity contribution in [2.75, 3.05) is 13.1 Å². The Labute approximate surface area is 120 Å². The molecule has 0 aliphatic heterocycles. The molecule has 2 fully saturated rings. The number of hydrogen-bond donors (Lipinski definition) is 1. The molecule has 0 aromatic carbocycles. The molecule has 112 valence electrons. The molecular formula is C17H34N2. The zero-order valence-electron chi connectivity index (χ0n) is 13.3. The van der Waals surface area contributed by atoms with Gasteiger partial charge in [0.25, 0.3) is 0 Å². The standard InChI is InChI=1S/C17H34N2/c1-4-14-5-6-15(12-18)17(11-14)19(16-7-8-16)10-9-13(2)3/h13-17H,4-12,18H2,1-3H3. The van der Waals surface area contributed by atoms with Crippen LogP contribution >= 0.6 is 0 Å².